The molecule has 1 aromatic carbocycles. The van der Waals surface area contributed by atoms with Gasteiger partial charge in [-0.25, -0.2) is 9.97 Å². The Balaban J connectivity index is 1.63. The second-order valence-electron chi connectivity index (χ2n) is 9.69. The van der Waals surface area contributed by atoms with E-state index in [1.807, 2.05) is 41.1 Å². The predicted octanol–water partition coefficient (Wildman–Crippen LogP) is 4.65. The monoisotopic (exact) mass is 473 g/mol. The van der Waals surface area contributed by atoms with Crippen LogP contribution < -0.4 is 10.6 Å². The summed E-state index contributed by atoms with van der Waals surface area (Å²) >= 11 is 0. The van der Waals surface area contributed by atoms with Gasteiger partial charge in [0.25, 0.3) is 5.91 Å². The highest BCUT2D eigenvalue weighted by Crippen LogP contribution is 2.25. The van der Waals surface area contributed by atoms with Crippen molar-refractivity contribution in [1.29, 1.82) is 0 Å². The molecule has 1 amide bonds. The minimum absolute atomic E-state index is 0.0309. The van der Waals surface area contributed by atoms with Gasteiger partial charge in [-0.15, -0.1) is 0 Å². The Morgan fingerprint density at radius 1 is 1.23 bits per heavy atom. The molecule has 184 valence electrons. The molecule has 1 saturated carbocycles. The third-order valence-electron chi connectivity index (χ3n) is 5.97. The summed E-state index contributed by atoms with van der Waals surface area (Å²) in [5.74, 6) is 7.07. The molecule has 0 unspecified atom stereocenters. The number of hydrogen-bond acceptors (Lipinski definition) is 5. The molecule has 0 bridgehead atoms. The van der Waals surface area contributed by atoms with E-state index in [2.05, 4.69) is 53.2 Å². The maximum absolute atomic E-state index is 12.4. The molecule has 1 fully saturated rings. The fourth-order valence-corrected chi connectivity index (χ4v) is 3.79. The minimum Gasteiger partial charge on any atom is -0.380 e. The topological polar surface area (TPSA) is 91.5 Å². The first-order chi connectivity index (χ1) is 16.9. The summed E-state index contributed by atoms with van der Waals surface area (Å²) in [5.41, 5.74) is 3.76. The lowest BCUT2D eigenvalue weighted by atomic mass is 10.1. The molecule has 35 heavy (non-hydrogen) atoms. The number of carbonyl (C=O) groups excluding carboxylic acids is 1. The third kappa shape index (κ3) is 6.61. The van der Waals surface area contributed by atoms with Gasteiger partial charge in [-0.1, -0.05) is 51.7 Å². The number of aliphatic hydroxyl groups excluding tert-OH is 1. The van der Waals surface area contributed by atoms with E-state index >= 15 is 0 Å². The highest BCUT2D eigenvalue weighted by atomic mass is 16.3. The second-order valence-corrected chi connectivity index (χ2v) is 9.69. The van der Waals surface area contributed by atoms with Crippen LogP contribution in [-0.2, 0) is 0 Å². The average molecular weight is 474 g/mol. The van der Waals surface area contributed by atoms with Crippen LogP contribution in [0.25, 0.3) is 16.9 Å². The molecule has 1 aliphatic carbocycles. The summed E-state index contributed by atoms with van der Waals surface area (Å²) in [6, 6.07) is 7.90. The number of carbonyl (C=O) groups is 1. The van der Waals surface area contributed by atoms with Gasteiger partial charge >= 0.3 is 0 Å². The van der Waals surface area contributed by atoms with E-state index < -0.39 is 6.10 Å². The molecule has 0 aliphatic heterocycles. The van der Waals surface area contributed by atoms with E-state index in [4.69, 9.17) is 0 Å². The summed E-state index contributed by atoms with van der Waals surface area (Å²) in [4.78, 5) is 21.7. The van der Waals surface area contributed by atoms with Crippen LogP contribution in [0.4, 0.5) is 5.82 Å². The minimum atomic E-state index is -0.664. The summed E-state index contributed by atoms with van der Waals surface area (Å²) < 4.78 is 1.97. The van der Waals surface area contributed by atoms with Gasteiger partial charge in [-0.3, -0.25) is 9.20 Å². The maximum Gasteiger partial charge on any atom is 0.251 e. The number of hydrogen-bond donors (Lipinski definition) is 3. The third-order valence-corrected chi connectivity index (χ3v) is 5.97. The molecule has 0 radical (unpaired) electrons. The standard InChI is InChI=1S/C28H35N5O2/c1-4-5-6-7-24(34)15-14-23-18-33-25(17-30-27(33)26(31-23)29-16-19(2)3)20-8-10-21(11-9-20)28(35)32-22-12-13-22/h8-11,17-19,22,24,34H,4-7,12-13,16H2,1-3H3,(H,29,31)(H,32,35)/t24-/m0/s1. The zero-order valence-electron chi connectivity index (χ0n) is 20.8. The summed E-state index contributed by atoms with van der Waals surface area (Å²) in [7, 11) is 0. The van der Waals surface area contributed by atoms with E-state index in [1.54, 1.807) is 0 Å². The van der Waals surface area contributed by atoms with Crippen molar-refractivity contribution in [2.24, 2.45) is 5.92 Å². The molecule has 2 heterocycles. The number of benzene rings is 1. The number of imidazole rings is 1. The van der Waals surface area contributed by atoms with Crippen LogP contribution in [0.3, 0.4) is 0 Å². The first-order valence-electron chi connectivity index (χ1n) is 12.7. The normalized spacial score (nSPS) is 14.0. The van der Waals surface area contributed by atoms with E-state index in [0.717, 1.165) is 49.9 Å². The Bertz CT molecular complexity index is 1220. The molecule has 0 saturated heterocycles. The Morgan fingerprint density at radius 2 is 2.00 bits per heavy atom. The highest BCUT2D eigenvalue weighted by Gasteiger charge is 2.23. The molecule has 0 spiro atoms. The summed E-state index contributed by atoms with van der Waals surface area (Å²) in [5, 5.41) is 16.7. The maximum atomic E-state index is 12.4. The lowest BCUT2D eigenvalue weighted by Gasteiger charge is -2.11. The largest absolute Gasteiger partial charge is 0.380 e. The van der Waals surface area contributed by atoms with Crippen molar-refractivity contribution in [2.75, 3.05) is 11.9 Å². The molecular weight excluding hydrogens is 438 g/mol. The van der Waals surface area contributed by atoms with Gasteiger partial charge < -0.3 is 15.7 Å². The number of unbranched alkanes of at least 4 members (excludes halogenated alkanes) is 2. The Kier molecular flexibility index (Phi) is 8.04. The average Bonchev–Trinajstić information content (AvgIpc) is 3.56. The van der Waals surface area contributed by atoms with Crippen molar-refractivity contribution in [3.63, 3.8) is 0 Å². The molecule has 1 aliphatic rings. The van der Waals surface area contributed by atoms with Crippen molar-refractivity contribution in [3.05, 3.63) is 47.9 Å². The molecule has 1 atom stereocenters. The van der Waals surface area contributed by atoms with Crippen LogP contribution in [0.15, 0.2) is 36.7 Å². The smallest absolute Gasteiger partial charge is 0.251 e. The van der Waals surface area contributed by atoms with Crippen molar-refractivity contribution >= 4 is 17.4 Å². The molecule has 7 nitrogen and oxygen atoms in total. The van der Waals surface area contributed by atoms with Crippen LogP contribution in [0.1, 0.15) is 75.3 Å². The quantitative estimate of drug-likeness (QED) is 0.295. The summed E-state index contributed by atoms with van der Waals surface area (Å²) in [6.45, 7) is 7.17. The van der Waals surface area contributed by atoms with Gasteiger partial charge in [-0.05, 0) is 49.7 Å². The van der Waals surface area contributed by atoms with Gasteiger partial charge in [0.1, 0.15) is 11.8 Å². The molecule has 7 heteroatoms. The number of aromatic nitrogens is 3. The van der Waals surface area contributed by atoms with Crippen LogP contribution >= 0.6 is 0 Å². The number of fused-ring (bicyclic) bond motifs is 1. The fraction of sp³-hybridized carbons (Fsp3) is 0.464. The Morgan fingerprint density at radius 3 is 2.69 bits per heavy atom. The van der Waals surface area contributed by atoms with E-state index in [-0.39, 0.29) is 5.91 Å². The molecular formula is C28H35N5O2. The van der Waals surface area contributed by atoms with Gasteiger partial charge in [0.2, 0.25) is 0 Å². The van der Waals surface area contributed by atoms with Crippen LogP contribution in [-0.4, -0.2) is 44.1 Å². The first-order valence-corrected chi connectivity index (χ1v) is 12.7. The highest BCUT2D eigenvalue weighted by molar-refractivity contribution is 5.95. The molecule has 2 aromatic heterocycles. The van der Waals surface area contributed by atoms with E-state index in [0.29, 0.717) is 41.1 Å². The van der Waals surface area contributed by atoms with Crippen LogP contribution in [0, 0.1) is 17.8 Å². The molecule has 4 rings (SSSR count). The lowest BCUT2D eigenvalue weighted by molar-refractivity contribution is 0.0951. The Labute approximate surface area is 207 Å². The number of rotatable bonds is 10. The van der Waals surface area contributed by atoms with Gasteiger partial charge in [0, 0.05) is 29.9 Å². The van der Waals surface area contributed by atoms with Crippen molar-refractivity contribution in [2.45, 2.75) is 71.4 Å². The van der Waals surface area contributed by atoms with Gasteiger partial charge in [-0.2, -0.15) is 0 Å². The van der Waals surface area contributed by atoms with E-state index in [1.165, 1.54) is 0 Å². The Hall–Kier alpha value is -3.37. The number of aliphatic hydroxyl groups is 1. The SMILES string of the molecule is CCCCC[C@H](O)C#Cc1cn2c(-c3ccc(C(=O)NC4CC4)cc3)cnc2c(NCC(C)C)n1. The number of anilines is 1. The zero-order chi connectivity index (χ0) is 24.8. The van der Waals surface area contributed by atoms with Crippen LogP contribution in [0.2, 0.25) is 0 Å². The fourth-order valence-electron chi connectivity index (χ4n) is 3.79. The van der Waals surface area contributed by atoms with Gasteiger partial charge in [0.15, 0.2) is 11.5 Å². The second kappa shape index (κ2) is 11.4. The van der Waals surface area contributed by atoms with Gasteiger partial charge in [0.05, 0.1) is 11.9 Å². The number of amides is 1. The number of nitrogens with zero attached hydrogens (tertiary/aromatic N) is 3. The molecule has 3 N–H and O–H groups in total. The first kappa shape index (κ1) is 24.7. The zero-order valence-corrected chi connectivity index (χ0v) is 20.8. The lowest BCUT2D eigenvalue weighted by Crippen LogP contribution is -2.25. The van der Waals surface area contributed by atoms with Crippen molar-refractivity contribution in [1.82, 2.24) is 19.7 Å². The predicted molar refractivity (Wildman–Crippen MR) is 139 cm³/mol. The van der Waals surface area contributed by atoms with E-state index in [9.17, 15) is 9.90 Å². The van der Waals surface area contributed by atoms with Crippen molar-refractivity contribution in [3.8, 4) is 23.1 Å². The summed E-state index contributed by atoms with van der Waals surface area (Å²) in [6.07, 6.45) is 8.96. The van der Waals surface area contributed by atoms with Crippen LogP contribution in [0.5, 0.6) is 0 Å². The number of nitrogens with one attached hydrogen (secondary N) is 2. The van der Waals surface area contributed by atoms with Crippen molar-refractivity contribution < 1.29 is 9.90 Å². The molecule has 3 aromatic rings.